The van der Waals surface area contributed by atoms with Crippen LogP contribution in [-0.4, -0.2) is 47.9 Å². The number of aromatic nitrogens is 3. The second kappa shape index (κ2) is 6.51. The number of nitrogens with two attached hydrogens (primary N) is 1. The number of hydrogen-bond donors (Lipinski definition) is 1. The molecule has 0 aromatic carbocycles. The number of nitrogens with zero attached hydrogens (tertiary/aromatic N) is 4. The van der Waals surface area contributed by atoms with Crippen molar-refractivity contribution in [3.63, 3.8) is 0 Å². The molecule has 106 valence electrons. The fourth-order valence-corrected chi connectivity index (χ4v) is 2.07. The SMILES string of the molecule is CCCOc1nc(N)nc(N2CCCC(OC)C2)n1. The molecule has 0 spiro atoms. The van der Waals surface area contributed by atoms with Crippen molar-refractivity contribution < 1.29 is 9.47 Å². The van der Waals surface area contributed by atoms with Crippen molar-refractivity contribution in [1.29, 1.82) is 0 Å². The minimum Gasteiger partial charge on any atom is -0.463 e. The molecular weight excluding hydrogens is 246 g/mol. The van der Waals surface area contributed by atoms with Gasteiger partial charge in [-0.25, -0.2) is 0 Å². The highest BCUT2D eigenvalue weighted by molar-refractivity contribution is 5.36. The highest BCUT2D eigenvalue weighted by Gasteiger charge is 2.22. The van der Waals surface area contributed by atoms with Gasteiger partial charge in [-0.15, -0.1) is 0 Å². The van der Waals surface area contributed by atoms with E-state index in [0.717, 1.165) is 32.4 Å². The number of anilines is 2. The molecule has 1 unspecified atom stereocenters. The van der Waals surface area contributed by atoms with E-state index in [-0.39, 0.29) is 12.1 Å². The predicted octanol–water partition coefficient (Wildman–Crippen LogP) is 0.858. The lowest BCUT2D eigenvalue weighted by atomic mass is 10.1. The zero-order chi connectivity index (χ0) is 13.7. The zero-order valence-corrected chi connectivity index (χ0v) is 11.5. The zero-order valence-electron chi connectivity index (χ0n) is 11.5. The second-order valence-corrected chi connectivity index (χ2v) is 4.57. The Morgan fingerprint density at radius 2 is 2.21 bits per heavy atom. The summed E-state index contributed by atoms with van der Waals surface area (Å²) in [6, 6.07) is 0.295. The minimum absolute atomic E-state index is 0.190. The lowest BCUT2D eigenvalue weighted by Crippen LogP contribution is -2.40. The summed E-state index contributed by atoms with van der Waals surface area (Å²) in [4.78, 5) is 14.5. The highest BCUT2D eigenvalue weighted by Crippen LogP contribution is 2.19. The molecule has 0 amide bonds. The maximum Gasteiger partial charge on any atom is 0.323 e. The average molecular weight is 267 g/mol. The monoisotopic (exact) mass is 267 g/mol. The van der Waals surface area contributed by atoms with E-state index in [4.69, 9.17) is 15.2 Å². The van der Waals surface area contributed by atoms with Crippen molar-refractivity contribution in [2.24, 2.45) is 0 Å². The van der Waals surface area contributed by atoms with E-state index in [1.54, 1.807) is 7.11 Å². The molecule has 2 rings (SSSR count). The molecule has 1 fully saturated rings. The van der Waals surface area contributed by atoms with Crippen LogP contribution in [0.15, 0.2) is 0 Å². The summed E-state index contributed by atoms with van der Waals surface area (Å²) in [5.74, 6) is 0.760. The van der Waals surface area contributed by atoms with Gasteiger partial charge >= 0.3 is 6.01 Å². The minimum atomic E-state index is 0.190. The molecule has 7 heteroatoms. The molecule has 1 aliphatic heterocycles. The summed E-state index contributed by atoms with van der Waals surface area (Å²) in [6.07, 6.45) is 3.23. The molecular formula is C12H21N5O2. The summed E-state index contributed by atoms with van der Waals surface area (Å²) in [6.45, 7) is 4.27. The second-order valence-electron chi connectivity index (χ2n) is 4.57. The van der Waals surface area contributed by atoms with Crippen molar-refractivity contribution in [2.45, 2.75) is 32.3 Å². The molecule has 19 heavy (non-hydrogen) atoms. The van der Waals surface area contributed by atoms with Gasteiger partial charge in [-0.2, -0.15) is 15.0 Å². The van der Waals surface area contributed by atoms with E-state index >= 15 is 0 Å². The third-order valence-corrected chi connectivity index (χ3v) is 3.05. The summed E-state index contributed by atoms with van der Waals surface area (Å²) in [5.41, 5.74) is 5.70. The number of rotatable bonds is 5. The first-order valence-corrected chi connectivity index (χ1v) is 6.65. The maximum atomic E-state index is 5.70. The van der Waals surface area contributed by atoms with Crippen molar-refractivity contribution in [3.8, 4) is 6.01 Å². The summed E-state index contributed by atoms with van der Waals surface area (Å²) < 4.78 is 10.8. The number of ether oxygens (including phenoxy) is 2. The van der Waals surface area contributed by atoms with Crippen LogP contribution in [0.5, 0.6) is 6.01 Å². The summed E-state index contributed by atoms with van der Waals surface area (Å²) in [7, 11) is 1.73. The Labute approximate surface area is 113 Å². The first-order chi connectivity index (χ1) is 9.22. The number of hydrogen-bond acceptors (Lipinski definition) is 7. The topological polar surface area (TPSA) is 86.4 Å². The lowest BCUT2D eigenvalue weighted by Gasteiger charge is -2.31. The van der Waals surface area contributed by atoms with Crippen LogP contribution in [0.25, 0.3) is 0 Å². The van der Waals surface area contributed by atoms with E-state index in [0.29, 0.717) is 18.6 Å². The fraction of sp³-hybridized carbons (Fsp3) is 0.750. The number of nitrogen functional groups attached to an aromatic ring is 1. The quantitative estimate of drug-likeness (QED) is 0.846. The van der Waals surface area contributed by atoms with Gasteiger partial charge in [0.1, 0.15) is 0 Å². The molecule has 0 aliphatic carbocycles. The van der Waals surface area contributed by atoms with Crippen LogP contribution in [0.2, 0.25) is 0 Å². The van der Waals surface area contributed by atoms with E-state index in [1.807, 2.05) is 6.92 Å². The van der Waals surface area contributed by atoms with Gasteiger partial charge < -0.3 is 20.1 Å². The molecule has 2 N–H and O–H groups in total. The van der Waals surface area contributed by atoms with Gasteiger partial charge in [0, 0.05) is 20.2 Å². The van der Waals surface area contributed by atoms with Gasteiger partial charge in [-0.1, -0.05) is 6.92 Å². The van der Waals surface area contributed by atoms with Gasteiger partial charge in [0.25, 0.3) is 0 Å². The summed E-state index contributed by atoms with van der Waals surface area (Å²) >= 11 is 0. The van der Waals surface area contributed by atoms with Gasteiger partial charge in [0.05, 0.1) is 12.7 Å². The molecule has 0 bridgehead atoms. The van der Waals surface area contributed by atoms with Crippen LogP contribution in [-0.2, 0) is 4.74 Å². The lowest BCUT2D eigenvalue weighted by molar-refractivity contribution is 0.0888. The van der Waals surface area contributed by atoms with E-state index in [1.165, 1.54) is 0 Å². The third kappa shape index (κ3) is 3.66. The van der Waals surface area contributed by atoms with Crippen LogP contribution in [0.4, 0.5) is 11.9 Å². The Bertz CT molecular complexity index is 415. The first-order valence-electron chi connectivity index (χ1n) is 6.65. The fourth-order valence-electron chi connectivity index (χ4n) is 2.07. The maximum absolute atomic E-state index is 5.70. The molecule has 1 aliphatic rings. The Morgan fingerprint density at radius 1 is 1.37 bits per heavy atom. The van der Waals surface area contributed by atoms with Crippen molar-refractivity contribution >= 4 is 11.9 Å². The molecule has 0 radical (unpaired) electrons. The van der Waals surface area contributed by atoms with Crippen LogP contribution in [0, 0.1) is 0 Å². The van der Waals surface area contributed by atoms with Crippen LogP contribution >= 0.6 is 0 Å². The Balaban J connectivity index is 2.11. The van der Waals surface area contributed by atoms with Gasteiger partial charge in [0.15, 0.2) is 0 Å². The van der Waals surface area contributed by atoms with Gasteiger partial charge in [0.2, 0.25) is 11.9 Å². The molecule has 2 heterocycles. The molecule has 1 saturated heterocycles. The van der Waals surface area contributed by atoms with E-state index < -0.39 is 0 Å². The third-order valence-electron chi connectivity index (χ3n) is 3.05. The smallest absolute Gasteiger partial charge is 0.323 e. The van der Waals surface area contributed by atoms with Crippen molar-refractivity contribution in [2.75, 3.05) is 37.4 Å². The van der Waals surface area contributed by atoms with Crippen LogP contribution in [0.1, 0.15) is 26.2 Å². The van der Waals surface area contributed by atoms with E-state index in [2.05, 4.69) is 19.9 Å². The highest BCUT2D eigenvalue weighted by atomic mass is 16.5. The Kier molecular flexibility index (Phi) is 4.73. The summed E-state index contributed by atoms with van der Waals surface area (Å²) in [5, 5.41) is 0. The van der Waals surface area contributed by atoms with E-state index in [9.17, 15) is 0 Å². The standard InChI is InChI=1S/C12H21N5O2/c1-3-7-19-12-15-10(13)14-11(16-12)17-6-4-5-9(8-17)18-2/h9H,3-8H2,1-2H3,(H2,13,14,15,16). The van der Waals surface area contributed by atoms with Crippen LogP contribution in [0.3, 0.4) is 0 Å². The molecule has 0 saturated carbocycles. The van der Waals surface area contributed by atoms with Crippen LogP contribution < -0.4 is 15.4 Å². The predicted molar refractivity (Wildman–Crippen MR) is 72.3 cm³/mol. The Hall–Kier alpha value is -1.63. The van der Waals surface area contributed by atoms with Crippen molar-refractivity contribution in [3.05, 3.63) is 0 Å². The number of piperidine rings is 1. The van der Waals surface area contributed by atoms with Crippen molar-refractivity contribution in [1.82, 2.24) is 15.0 Å². The molecule has 1 aromatic heterocycles. The molecule has 7 nitrogen and oxygen atoms in total. The number of methoxy groups -OCH3 is 1. The average Bonchev–Trinajstić information content (AvgIpc) is 2.44. The normalized spacial score (nSPS) is 19.5. The molecule has 1 atom stereocenters. The Morgan fingerprint density at radius 3 is 2.95 bits per heavy atom. The van der Waals surface area contributed by atoms with Gasteiger partial charge in [-0.05, 0) is 19.3 Å². The largest absolute Gasteiger partial charge is 0.463 e. The first kappa shape index (κ1) is 13.8. The molecule has 1 aromatic rings. The van der Waals surface area contributed by atoms with Gasteiger partial charge in [-0.3, -0.25) is 0 Å².